The number of methoxy groups -OCH3 is 2. The fourth-order valence-electron chi connectivity index (χ4n) is 4.96. The monoisotopic (exact) mass is 464 g/mol. The summed E-state index contributed by atoms with van der Waals surface area (Å²) in [5.74, 6) is 2.28. The van der Waals surface area contributed by atoms with Gasteiger partial charge in [-0.15, -0.1) is 0 Å². The number of nitrogens with one attached hydrogen (secondary N) is 1. The molecule has 0 saturated heterocycles. The third-order valence-corrected chi connectivity index (χ3v) is 6.86. The summed E-state index contributed by atoms with van der Waals surface area (Å²) in [6, 6.07) is 19.5. The smallest absolute Gasteiger partial charge is 0.185 e. The van der Waals surface area contributed by atoms with Gasteiger partial charge in [0.2, 0.25) is 0 Å². The maximum Gasteiger partial charge on any atom is 0.185 e. The Morgan fingerprint density at radius 3 is 2.03 bits per heavy atom. The van der Waals surface area contributed by atoms with Crippen LogP contribution in [0.5, 0.6) is 11.5 Å². The van der Waals surface area contributed by atoms with Gasteiger partial charge in [0.15, 0.2) is 11.5 Å². The number of ether oxygens (including phenoxy) is 2. The fraction of sp³-hybridized carbons (Fsp3) is 0.258. The molecule has 4 nitrogen and oxygen atoms in total. The molecule has 4 aromatic rings. The van der Waals surface area contributed by atoms with Gasteiger partial charge in [0.25, 0.3) is 0 Å². The first-order valence-corrected chi connectivity index (χ1v) is 12.2. The number of benzene rings is 3. The Morgan fingerprint density at radius 2 is 1.40 bits per heavy atom. The van der Waals surface area contributed by atoms with Crippen LogP contribution < -0.4 is 14.8 Å². The van der Waals surface area contributed by atoms with Crippen LogP contribution in [0.3, 0.4) is 0 Å². The molecule has 1 aliphatic rings. The van der Waals surface area contributed by atoms with Crippen LogP contribution in [0.4, 0.5) is 5.69 Å². The summed E-state index contributed by atoms with van der Waals surface area (Å²) < 4.78 is 11.9. The van der Waals surface area contributed by atoms with Crippen LogP contribution in [-0.4, -0.2) is 19.2 Å². The van der Waals surface area contributed by atoms with E-state index in [1.807, 2.05) is 12.4 Å². The van der Waals surface area contributed by atoms with E-state index in [2.05, 4.69) is 87.6 Å². The first-order valence-electron chi connectivity index (χ1n) is 12.2. The zero-order valence-electron chi connectivity index (χ0n) is 21.3. The molecule has 0 spiro atoms. The van der Waals surface area contributed by atoms with Crippen LogP contribution in [0, 0.1) is 0 Å². The molecular weight excluding hydrogens is 432 g/mol. The maximum absolute atomic E-state index is 5.98. The van der Waals surface area contributed by atoms with Crippen LogP contribution in [0.15, 0.2) is 67.0 Å². The van der Waals surface area contributed by atoms with E-state index in [-0.39, 0.29) is 0 Å². The second kappa shape index (κ2) is 9.10. The second-order valence-electron chi connectivity index (χ2n) is 9.66. The maximum atomic E-state index is 5.98. The van der Waals surface area contributed by atoms with Gasteiger partial charge in [-0.25, -0.2) is 0 Å². The summed E-state index contributed by atoms with van der Waals surface area (Å²) in [6.07, 6.45) is 3.93. The summed E-state index contributed by atoms with van der Waals surface area (Å²) in [7, 11) is 3.40. The van der Waals surface area contributed by atoms with Gasteiger partial charge in [-0.2, -0.15) is 0 Å². The van der Waals surface area contributed by atoms with Crippen molar-refractivity contribution in [3.05, 3.63) is 89.4 Å². The van der Waals surface area contributed by atoms with Gasteiger partial charge in [-0.1, -0.05) is 76.2 Å². The summed E-state index contributed by atoms with van der Waals surface area (Å²) in [4.78, 5) is 4.88. The minimum Gasteiger partial charge on any atom is -0.492 e. The Labute approximate surface area is 207 Å². The van der Waals surface area contributed by atoms with E-state index in [4.69, 9.17) is 14.5 Å². The molecule has 0 saturated carbocycles. The van der Waals surface area contributed by atoms with Crippen molar-refractivity contribution in [2.75, 3.05) is 19.5 Å². The van der Waals surface area contributed by atoms with Crippen LogP contribution in [-0.2, 0) is 0 Å². The number of hydrogen-bond donors (Lipinski definition) is 1. The number of aromatic nitrogens is 1. The van der Waals surface area contributed by atoms with Crippen molar-refractivity contribution in [2.24, 2.45) is 0 Å². The van der Waals surface area contributed by atoms with E-state index in [1.54, 1.807) is 14.2 Å². The molecular formula is C31H32N2O2. The molecule has 1 aliphatic heterocycles. The molecule has 0 atom stereocenters. The first-order chi connectivity index (χ1) is 16.9. The Balaban J connectivity index is 1.82. The average molecular weight is 465 g/mol. The zero-order valence-corrected chi connectivity index (χ0v) is 21.3. The highest BCUT2D eigenvalue weighted by atomic mass is 16.5. The van der Waals surface area contributed by atoms with Crippen molar-refractivity contribution in [1.82, 2.24) is 4.98 Å². The molecule has 35 heavy (non-hydrogen) atoms. The van der Waals surface area contributed by atoms with E-state index in [0.29, 0.717) is 17.6 Å². The van der Waals surface area contributed by atoms with Crippen molar-refractivity contribution >= 4 is 22.0 Å². The molecule has 5 rings (SSSR count). The van der Waals surface area contributed by atoms with Crippen molar-refractivity contribution in [1.29, 1.82) is 0 Å². The van der Waals surface area contributed by atoms with Crippen molar-refractivity contribution in [3.8, 4) is 22.6 Å². The molecule has 2 heterocycles. The molecule has 0 radical (unpaired) electrons. The average Bonchev–Trinajstić information content (AvgIpc) is 2.88. The van der Waals surface area contributed by atoms with Crippen LogP contribution in [0.25, 0.3) is 27.5 Å². The largest absolute Gasteiger partial charge is 0.492 e. The van der Waals surface area contributed by atoms with E-state index in [9.17, 15) is 0 Å². The summed E-state index contributed by atoms with van der Waals surface area (Å²) in [5.41, 5.74) is 8.76. The summed E-state index contributed by atoms with van der Waals surface area (Å²) in [5, 5.41) is 5.65. The number of hydrogen-bond acceptors (Lipinski definition) is 4. The third-order valence-electron chi connectivity index (χ3n) is 6.86. The Kier molecular flexibility index (Phi) is 5.98. The Morgan fingerprint density at radius 1 is 0.771 bits per heavy atom. The van der Waals surface area contributed by atoms with Crippen molar-refractivity contribution < 1.29 is 9.47 Å². The summed E-state index contributed by atoms with van der Waals surface area (Å²) >= 11 is 0. The number of rotatable bonds is 6. The second-order valence-corrected chi connectivity index (χ2v) is 9.66. The molecule has 4 heteroatoms. The first kappa shape index (κ1) is 23.0. The lowest BCUT2D eigenvalue weighted by Gasteiger charge is -2.25. The van der Waals surface area contributed by atoms with E-state index >= 15 is 0 Å². The number of nitrogens with zero attached hydrogens (tertiary/aromatic N) is 1. The third kappa shape index (κ3) is 3.83. The van der Waals surface area contributed by atoms with E-state index in [0.717, 1.165) is 50.2 Å². The number of anilines is 1. The molecule has 1 aromatic heterocycles. The Hall–Kier alpha value is -3.79. The minimum absolute atomic E-state index is 0.425. The SMILES string of the molecule is COc1c(OC)c2c3c(nccc3c1-c1cccc(C(C)C)c1)C(c1cccc(C(C)C)c1)=CN2. The predicted molar refractivity (Wildman–Crippen MR) is 146 cm³/mol. The molecule has 0 bridgehead atoms. The summed E-state index contributed by atoms with van der Waals surface area (Å²) in [6.45, 7) is 8.86. The lowest BCUT2D eigenvalue weighted by Crippen LogP contribution is -2.08. The fourth-order valence-corrected chi connectivity index (χ4v) is 4.96. The van der Waals surface area contributed by atoms with E-state index in [1.165, 1.54) is 11.1 Å². The molecule has 0 amide bonds. The highest BCUT2D eigenvalue weighted by Gasteiger charge is 2.28. The van der Waals surface area contributed by atoms with Crippen LogP contribution >= 0.6 is 0 Å². The lowest BCUT2D eigenvalue weighted by atomic mass is 9.88. The van der Waals surface area contributed by atoms with E-state index < -0.39 is 0 Å². The standard InChI is InChI=1S/C31H32N2O2/c1-18(2)20-9-7-11-22(15-20)25-17-33-29-27-24(13-14-32-28(25)27)26(30(34-5)31(29)35-6)23-12-8-10-21(16-23)19(3)4/h7-19,33H,1-6H3. The van der Waals surface area contributed by atoms with Gasteiger partial charge in [0.1, 0.15) is 0 Å². The van der Waals surface area contributed by atoms with Crippen LogP contribution in [0.2, 0.25) is 0 Å². The van der Waals surface area contributed by atoms with Crippen LogP contribution in [0.1, 0.15) is 61.9 Å². The van der Waals surface area contributed by atoms with Crippen molar-refractivity contribution in [2.45, 2.75) is 39.5 Å². The molecule has 0 unspecified atom stereocenters. The quantitative estimate of drug-likeness (QED) is 0.314. The van der Waals surface area contributed by atoms with Gasteiger partial charge < -0.3 is 14.8 Å². The predicted octanol–water partition coefficient (Wildman–Crippen LogP) is 7.98. The topological polar surface area (TPSA) is 43.4 Å². The number of pyridine rings is 1. The molecule has 3 aromatic carbocycles. The highest BCUT2D eigenvalue weighted by molar-refractivity contribution is 6.15. The Bertz CT molecular complexity index is 1450. The van der Waals surface area contributed by atoms with Gasteiger partial charge in [0.05, 0.1) is 25.6 Å². The van der Waals surface area contributed by atoms with Gasteiger partial charge in [0, 0.05) is 28.9 Å². The van der Waals surface area contributed by atoms with Gasteiger partial charge >= 0.3 is 0 Å². The highest BCUT2D eigenvalue weighted by Crippen LogP contribution is 2.52. The molecule has 0 aliphatic carbocycles. The molecule has 0 fully saturated rings. The lowest BCUT2D eigenvalue weighted by molar-refractivity contribution is 0.358. The van der Waals surface area contributed by atoms with Gasteiger partial charge in [-0.05, 0) is 45.5 Å². The molecule has 178 valence electrons. The minimum atomic E-state index is 0.425. The normalized spacial score (nSPS) is 12.6. The zero-order chi connectivity index (χ0) is 24.7. The molecule has 1 N–H and O–H groups in total. The van der Waals surface area contributed by atoms with Gasteiger partial charge in [-0.3, -0.25) is 4.98 Å². The van der Waals surface area contributed by atoms with Crippen molar-refractivity contribution in [3.63, 3.8) is 0 Å².